The van der Waals surface area contributed by atoms with Crippen LogP contribution < -0.4 is 10.6 Å². The van der Waals surface area contributed by atoms with Crippen molar-refractivity contribution in [3.63, 3.8) is 0 Å². The minimum Gasteiger partial charge on any atom is -0.384 e. The van der Waals surface area contributed by atoms with E-state index in [4.69, 9.17) is 11.1 Å². The Morgan fingerprint density at radius 3 is 2.53 bits per heavy atom. The van der Waals surface area contributed by atoms with E-state index in [9.17, 15) is 0 Å². The van der Waals surface area contributed by atoms with Gasteiger partial charge in [0.15, 0.2) is 0 Å². The lowest BCUT2D eigenvalue weighted by molar-refractivity contribution is 0.670. The molecular weight excluding hydrogens is 278 g/mol. The Hall–Kier alpha value is -1.03. The molecule has 0 aliphatic heterocycles. The van der Waals surface area contributed by atoms with Crippen LogP contribution in [0.3, 0.4) is 0 Å². The molecule has 0 bridgehead atoms. The fraction of sp³-hybridized carbons (Fsp3) is 0.462. The van der Waals surface area contributed by atoms with Gasteiger partial charge in [0, 0.05) is 22.6 Å². The normalized spacial score (nSPS) is 10.6. The average molecular weight is 298 g/mol. The van der Waals surface area contributed by atoms with Crippen LogP contribution in [0.5, 0.6) is 0 Å². The van der Waals surface area contributed by atoms with Crippen LogP contribution in [0.1, 0.15) is 32.8 Å². The van der Waals surface area contributed by atoms with Crippen molar-refractivity contribution in [3.8, 4) is 0 Å². The number of benzene rings is 1. The van der Waals surface area contributed by atoms with Gasteiger partial charge in [0.1, 0.15) is 5.84 Å². The molecule has 1 aromatic rings. The second-order valence-electron chi connectivity index (χ2n) is 4.37. The van der Waals surface area contributed by atoms with Crippen molar-refractivity contribution >= 4 is 27.5 Å². The Balaban J connectivity index is 3.08. The second kappa shape index (κ2) is 6.05. The molecule has 0 aromatic heterocycles. The molecule has 3 nitrogen and oxygen atoms in total. The monoisotopic (exact) mass is 297 g/mol. The Kier molecular flexibility index (Phi) is 5.00. The first-order valence-corrected chi connectivity index (χ1v) is 6.67. The quantitative estimate of drug-likeness (QED) is 0.647. The summed E-state index contributed by atoms with van der Waals surface area (Å²) in [6.07, 6.45) is 1.11. The molecule has 0 aliphatic rings. The molecule has 94 valence electrons. The van der Waals surface area contributed by atoms with E-state index in [0.29, 0.717) is 6.04 Å². The molecule has 0 amide bonds. The molecule has 1 aromatic carbocycles. The van der Waals surface area contributed by atoms with E-state index in [1.165, 1.54) is 0 Å². The largest absolute Gasteiger partial charge is 0.384 e. The summed E-state index contributed by atoms with van der Waals surface area (Å²) in [5, 5.41) is 7.42. The second-order valence-corrected chi connectivity index (χ2v) is 5.22. The molecule has 0 unspecified atom stereocenters. The van der Waals surface area contributed by atoms with E-state index < -0.39 is 0 Å². The first-order chi connectivity index (χ1) is 7.97. The zero-order valence-corrected chi connectivity index (χ0v) is 12.2. The van der Waals surface area contributed by atoms with Gasteiger partial charge in [-0.2, -0.15) is 0 Å². The molecule has 0 fully saturated rings. The van der Waals surface area contributed by atoms with Crippen LogP contribution in [0.4, 0.5) is 5.69 Å². The lowest BCUT2D eigenvalue weighted by atomic mass is 10.1. The summed E-state index contributed by atoms with van der Waals surface area (Å²) in [6, 6.07) is 6.28. The van der Waals surface area contributed by atoms with Gasteiger partial charge in [0.05, 0.1) is 5.69 Å². The third-order valence-electron chi connectivity index (χ3n) is 2.66. The van der Waals surface area contributed by atoms with Gasteiger partial charge in [-0.15, -0.1) is 0 Å². The SMILES string of the molecule is CCCN(c1ccc(C(=N)N)cc1Br)C(C)C. The third kappa shape index (κ3) is 3.46. The van der Waals surface area contributed by atoms with Gasteiger partial charge in [-0.1, -0.05) is 6.92 Å². The summed E-state index contributed by atoms with van der Waals surface area (Å²) in [7, 11) is 0. The van der Waals surface area contributed by atoms with E-state index in [-0.39, 0.29) is 5.84 Å². The molecule has 0 spiro atoms. The first-order valence-electron chi connectivity index (χ1n) is 5.88. The molecule has 0 saturated heterocycles. The number of nitrogen functional groups attached to an aromatic ring is 1. The van der Waals surface area contributed by atoms with Crippen molar-refractivity contribution < 1.29 is 0 Å². The third-order valence-corrected chi connectivity index (χ3v) is 3.29. The topological polar surface area (TPSA) is 53.1 Å². The number of nitrogens with one attached hydrogen (secondary N) is 1. The molecule has 0 atom stereocenters. The molecular formula is C13H20BrN3. The Morgan fingerprint density at radius 2 is 2.12 bits per heavy atom. The summed E-state index contributed by atoms with van der Waals surface area (Å²) in [4.78, 5) is 2.34. The highest BCUT2D eigenvalue weighted by molar-refractivity contribution is 9.10. The van der Waals surface area contributed by atoms with Gasteiger partial charge >= 0.3 is 0 Å². The molecule has 1 rings (SSSR count). The molecule has 17 heavy (non-hydrogen) atoms. The van der Waals surface area contributed by atoms with Gasteiger partial charge in [0.25, 0.3) is 0 Å². The average Bonchev–Trinajstić information content (AvgIpc) is 2.26. The van der Waals surface area contributed by atoms with Gasteiger partial charge in [0.2, 0.25) is 0 Å². The highest BCUT2D eigenvalue weighted by Crippen LogP contribution is 2.28. The van der Waals surface area contributed by atoms with Crippen LogP contribution in [-0.2, 0) is 0 Å². The summed E-state index contributed by atoms with van der Waals surface area (Å²) in [6.45, 7) is 7.56. The minimum atomic E-state index is 0.101. The maximum atomic E-state index is 7.42. The summed E-state index contributed by atoms with van der Waals surface area (Å²) >= 11 is 3.56. The predicted molar refractivity (Wildman–Crippen MR) is 77.9 cm³/mol. The fourth-order valence-corrected chi connectivity index (χ4v) is 2.41. The Morgan fingerprint density at radius 1 is 1.47 bits per heavy atom. The summed E-state index contributed by atoms with van der Waals surface area (Å²) < 4.78 is 0.993. The predicted octanol–water partition coefficient (Wildman–Crippen LogP) is 3.36. The van der Waals surface area contributed by atoms with Gasteiger partial charge in [-0.05, 0) is 54.4 Å². The number of anilines is 1. The minimum absolute atomic E-state index is 0.101. The number of hydrogen-bond acceptors (Lipinski definition) is 2. The number of halogens is 1. The summed E-state index contributed by atoms with van der Waals surface area (Å²) in [5.41, 5.74) is 7.39. The van der Waals surface area contributed by atoms with E-state index in [1.807, 2.05) is 18.2 Å². The molecule has 4 heteroatoms. The van der Waals surface area contributed by atoms with Crippen LogP contribution in [0, 0.1) is 5.41 Å². The lowest BCUT2D eigenvalue weighted by Crippen LogP contribution is -2.31. The smallest absolute Gasteiger partial charge is 0.122 e. The Bertz CT molecular complexity index is 402. The molecule has 0 radical (unpaired) electrons. The number of amidine groups is 1. The summed E-state index contributed by atoms with van der Waals surface area (Å²) in [5.74, 6) is 0.101. The van der Waals surface area contributed by atoms with Crippen LogP contribution in [-0.4, -0.2) is 18.4 Å². The first kappa shape index (κ1) is 14.0. The highest BCUT2D eigenvalue weighted by atomic mass is 79.9. The maximum absolute atomic E-state index is 7.42. The maximum Gasteiger partial charge on any atom is 0.122 e. The van der Waals surface area contributed by atoms with Crippen molar-refractivity contribution in [2.45, 2.75) is 33.2 Å². The van der Waals surface area contributed by atoms with Crippen molar-refractivity contribution in [2.75, 3.05) is 11.4 Å². The van der Waals surface area contributed by atoms with E-state index >= 15 is 0 Å². The fourth-order valence-electron chi connectivity index (χ4n) is 1.81. The number of hydrogen-bond donors (Lipinski definition) is 2. The number of nitrogens with two attached hydrogens (primary N) is 1. The van der Waals surface area contributed by atoms with Crippen LogP contribution in [0.15, 0.2) is 22.7 Å². The van der Waals surface area contributed by atoms with Crippen molar-refractivity contribution in [2.24, 2.45) is 5.73 Å². The molecule has 0 saturated carbocycles. The van der Waals surface area contributed by atoms with Gasteiger partial charge in [-0.3, -0.25) is 5.41 Å². The van der Waals surface area contributed by atoms with Crippen LogP contribution >= 0.6 is 15.9 Å². The molecule has 3 N–H and O–H groups in total. The van der Waals surface area contributed by atoms with E-state index in [1.54, 1.807) is 0 Å². The van der Waals surface area contributed by atoms with E-state index in [0.717, 1.165) is 28.7 Å². The van der Waals surface area contributed by atoms with Crippen LogP contribution in [0.25, 0.3) is 0 Å². The molecule has 0 aliphatic carbocycles. The zero-order chi connectivity index (χ0) is 13.0. The van der Waals surface area contributed by atoms with Crippen LogP contribution in [0.2, 0.25) is 0 Å². The molecule has 0 heterocycles. The highest BCUT2D eigenvalue weighted by Gasteiger charge is 2.13. The lowest BCUT2D eigenvalue weighted by Gasteiger charge is -2.29. The number of nitrogens with zero attached hydrogens (tertiary/aromatic N) is 1. The Labute approximate surface area is 112 Å². The zero-order valence-electron chi connectivity index (χ0n) is 10.6. The van der Waals surface area contributed by atoms with Gasteiger partial charge < -0.3 is 10.6 Å². The van der Waals surface area contributed by atoms with E-state index in [2.05, 4.69) is 41.6 Å². The van der Waals surface area contributed by atoms with Gasteiger partial charge in [-0.25, -0.2) is 0 Å². The van der Waals surface area contributed by atoms with Crippen molar-refractivity contribution in [1.29, 1.82) is 5.41 Å². The van der Waals surface area contributed by atoms with Crippen molar-refractivity contribution in [3.05, 3.63) is 28.2 Å². The standard InChI is InChI=1S/C13H20BrN3/c1-4-7-17(9(2)3)12-6-5-10(13(15)16)8-11(12)14/h5-6,8-9H,4,7H2,1-3H3,(H3,15,16). The van der Waals surface area contributed by atoms with Crippen molar-refractivity contribution in [1.82, 2.24) is 0 Å². The number of rotatable bonds is 5.